The van der Waals surface area contributed by atoms with Crippen molar-refractivity contribution in [2.24, 2.45) is 0 Å². The van der Waals surface area contributed by atoms with Gasteiger partial charge in [0.25, 0.3) is 0 Å². The summed E-state index contributed by atoms with van der Waals surface area (Å²) in [6.07, 6.45) is 15.4. The lowest BCUT2D eigenvalue weighted by Crippen LogP contribution is -2.41. The van der Waals surface area contributed by atoms with Gasteiger partial charge in [0.1, 0.15) is 19.3 Å². The first-order chi connectivity index (χ1) is 35.6. The highest BCUT2D eigenvalue weighted by atomic mass is 16.6. The molecule has 0 bridgehead atoms. The Hall–Kier alpha value is -3.62. The number of carbonyl (C=O) groups excluding carboxylic acids is 4. The maximum Gasteiger partial charge on any atom is 0.326 e. The van der Waals surface area contributed by atoms with Gasteiger partial charge in [-0.15, -0.1) is 0 Å². The Morgan fingerprint density at radius 3 is 0.986 bits per heavy atom. The van der Waals surface area contributed by atoms with Crippen LogP contribution in [0.2, 0.25) is 0 Å². The Bertz CT molecular complexity index is 1320. The first-order valence-corrected chi connectivity index (χ1v) is 26.5. The third-order valence-corrected chi connectivity index (χ3v) is 10.5. The Morgan fingerprint density at radius 1 is 0.342 bits per heavy atom. The van der Waals surface area contributed by atoms with E-state index in [4.69, 9.17) is 57.2 Å². The lowest BCUT2D eigenvalue weighted by atomic mass is 10.0. The van der Waals surface area contributed by atoms with E-state index in [-0.39, 0.29) is 115 Å². The Balaban J connectivity index is 3.53. The van der Waals surface area contributed by atoms with Crippen molar-refractivity contribution >= 4 is 35.6 Å². The summed E-state index contributed by atoms with van der Waals surface area (Å²) >= 11 is 0. The standard InChI is InChI=1S/C50H94N4O19/c1-63-26-27-67-30-31-69-34-35-71-37-36-70-33-32-68-29-28-64-24-21-52-47(57)42-73-41-39-66-25-22-53-48(58)43-72-40-38-65-23-20-51-45(55)19-18-44(50(61)62)54-46(56)16-14-12-10-8-6-4-2-3-5-7-9-11-13-15-17-49(59)60/h44H,2-43H2,1H3,(H,51,55)(H,52,57)(H,53,58)(H,54,56)(H,59,60)(H,61,62)/t44-/m0/s1. The molecule has 0 aliphatic heterocycles. The van der Waals surface area contributed by atoms with Crippen LogP contribution in [0.4, 0.5) is 0 Å². The van der Waals surface area contributed by atoms with Crippen molar-refractivity contribution in [3.8, 4) is 0 Å². The number of unbranched alkanes of at least 4 members (excludes halogenated alkanes) is 13. The Kier molecular flexibility index (Phi) is 53.3. The van der Waals surface area contributed by atoms with Gasteiger partial charge in [0.15, 0.2) is 0 Å². The van der Waals surface area contributed by atoms with Gasteiger partial charge in [0.05, 0.1) is 126 Å². The fourth-order valence-corrected chi connectivity index (χ4v) is 6.57. The highest BCUT2D eigenvalue weighted by Crippen LogP contribution is 2.14. The van der Waals surface area contributed by atoms with Crippen molar-refractivity contribution in [2.45, 2.75) is 122 Å². The van der Waals surface area contributed by atoms with Gasteiger partial charge in [-0.3, -0.25) is 24.0 Å². The summed E-state index contributed by atoms with van der Waals surface area (Å²) in [6.45, 7) is 7.89. The molecule has 0 fully saturated rings. The quantitative estimate of drug-likeness (QED) is 0.0478. The Labute approximate surface area is 434 Å². The summed E-state index contributed by atoms with van der Waals surface area (Å²) in [5.41, 5.74) is 0. The first kappa shape index (κ1) is 69.4. The number of nitrogens with one attached hydrogen (secondary N) is 4. The normalized spacial score (nSPS) is 11.6. The minimum atomic E-state index is -1.19. The summed E-state index contributed by atoms with van der Waals surface area (Å²) in [5.74, 6) is -3.19. The van der Waals surface area contributed by atoms with E-state index >= 15 is 0 Å². The van der Waals surface area contributed by atoms with E-state index in [2.05, 4.69) is 21.3 Å². The molecule has 0 aromatic rings. The predicted octanol–water partition coefficient (Wildman–Crippen LogP) is 2.82. The smallest absolute Gasteiger partial charge is 0.326 e. The van der Waals surface area contributed by atoms with E-state index in [0.717, 1.165) is 44.9 Å². The van der Waals surface area contributed by atoms with Gasteiger partial charge in [-0.2, -0.15) is 0 Å². The third-order valence-electron chi connectivity index (χ3n) is 10.5. The fraction of sp³-hybridized carbons (Fsp3) is 0.880. The molecule has 0 heterocycles. The van der Waals surface area contributed by atoms with Crippen molar-refractivity contribution in [3.63, 3.8) is 0 Å². The summed E-state index contributed by atoms with van der Waals surface area (Å²) < 4.78 is 58.8. The minimum absolute atomic E-state index is 0.0304. The number of methoxy groups -OCH3 is 1. The van der Waals surface area contributed by atoms with Gasteiger partial charge < -0.3 is 83.6 Å². The molecule has 0 rings (SSSR count). The van der Waals surface area contributed by atoms with Crippen LogP contribution in [0.25, 0.3) is 0 Å². The molecule has 1 atom stereocenters. The molecular weight excluding hydrogens is 961 g/mol. The van der Waals surface area contributed by atoms with E-state index in [0.29, 0.717) is 98.9 Å². The minimum Gasteiger partial charge on any atom is -0.481 e. The van der Waals surface area contributed by atoms with E-state index in [1.165, 1.54) is 38.5 Å². The highest BCUT2D eigenvalue weighted by Gasteiger charge is 2.21. The van der Waals surface area contributed by atoms with Crippen molar-refractivity contribution in [1.29, 1.82) is 0 Å². The molecule has 0 aromatic carbocycles. The lowest BCUT2D eigenvalue weighted by Gasteiger charge is -2.14. The van der Waals surface area contributed by atoms with Crippen LogP contribution in [0.15, 0.2) is 0 Å². The zero-order chi connectivity index (χ0) is 53.3. The van der Waals surface area contributed by atoms with E-state index in [1.54, 1.807) is 7.11 Å². The maximum atomic E-state index is 12.4. The molecular formula is C50H94N4O19. The largest absolute Gasteiger partial charge is 0.481 e. The number of carboxylic acids is 2. The van der Waals surface area contributed by atoms with Gasteiger partial charge in [0, 0.05) is 46.0 Å². The highest BCUT2D eigenvalue weighted by molar-refractivity contribution is 5.84. The van der Waals surface area contributed by atoms with Gasteiger partial charge in [-0.25, -0.2) is 4.79 Å². The van der Waals surface area contributed by atoms with Crippen LogP contribution < -0.4 is 21.3 Å². The predicted molar refractivity (Wildman–Crippen MR) is 269 cm³/mol. The van der Waals surface area contributed by atoms with Gasteiger partial charge >= 0.3 is 11.9 Å². The van der Waals surface area contributed by atoms with Crippen LogP contribution >= 0.6 is 0 Å². The third kappa shape index (κ3) is 56.0. The second kappa shape index (κ2) is 56.1. The summed E-state index contributed by atoms with van der Waals surface area (Å²) in [6, 6.07) is -1.15. The molecule has 0 unspecified atom stereocenters. The topological polar surface area (TPSA) is 293 Å². The molecule has 428 valence electrons. The van der Waals surface area contributed by atoms with Crippen molar-refractivity contribution in [3.05, 3.63) is 0 Å². The zero-order valence-corrected chi connectivity index (χ0v) is 44.1. The second-order valence-electron chi connectivity index (χ2n) is 16.9. The van der Waals surface area contributed by atoms with Crippen molar-refractivity contribution in [1.82, 2.24) is 21.3 Å². The van der Waals surface area contributed by atoms with Gasteiger partial charge in [-0.1, -0.05) is 77.0 Å². The molecule has 23 heteroatoms. The van der Waals surface area contributed by atoms with Gasteiger partial charge in [0.2, 0.25) is 23.6 Å². The SMILES string of the molecule is COCCOCCOCCOCCOCCOCCOCCNC(=O)COCCOCCNC(=O)COCCOCCNC(=O)CC[C@H](NC(=O)CCCCCCCCCCCCCCCCC(=O)O)C(=O)O. The molecule has 0 radical (unpaired) electrons. The monoisotopic (exact) mass is 1050 g/mol. The van der Waals surface area contributed by atoms with Crippen LogP contribution in [-0.4, -0.2) is 217 Å². The van der Waals surface area contributed by atoms with Gasteiger partial charge in [-0.05, 0) is 19.3 Å². The Morgan fingerprint density at radius 2 is 0.644 bits per heavy atom. The summed E-state index contributed by atoms with van der Waals surface area (Å²) in [4.78, 5) is 70.7. The van der Waals surface area contributed by atoms with Crippen LogP contribution in [0.1, 0.15) is 116 Å². The first-order valence-electron chi connectivity index (χ1n) is 26.5. The number of aliphatic carboxylic acids is 2. The lowest BCUT2D eigenvalue weighted by molar-refractivity contribution is -0.142. The number of amides is 4. The average Bonchev–Trinajstić information content (AvgIpc) is 3.36. The van der Waals surface area contributed by atoms with E-state index in [9.17, 15) is 33.9 Å². The molecule has 73 heavy (non-hydrogen) atoms. The zero-order valence-electron chi connectivity index (χ0n) is 44.1. The van der Waals surface area contributed by atoms with E-state index in [1.807, 2.05) is 0 Å². The molecule has 0 aliphatic carbocycles. The number of hydrogen-bond acceptors (Lipinski definition) is 17. The number of rotatable bonds is 59. The van der Waals surface area contributed by atoms with Crippen LogP contribution in [0, 0.1) is 0 Å². The molecule has 23 nitrogen and oxygen atoms in total. The molecule has 0 aromatic heterocycles. The molecule has 0 saturated carbocycles. The number of ether oxygens (including phenoxy) is 11. The molecule has 0 spiro atoms. The molecule has 4 amide bonds. The average molecular weight is 1060 g/mol. The summed E-state index contributed by atoms with van der Waals surface area (Å²) in [5, 5.41) is 28.8. The molecule has 6 N–H and O–H groups in total. The maximum absolute atomic E-state index is 12.4. The second-order valence-corrected chi connectivity index (χ2v) is 16.9. The van der Waals surface area contributed by atoms with E-state index < -0.39 is 18.0 Å². The fourth-order valence-electron chi connectivity index (χ4n) is 6.57. The number of hydrogen-bond donors (Lipinski definition) is 6. The number of carbonyl (C=O) groups is 6. The number of carboxylic acid groups (broad SMARTS) is 2. The molecule has 0 saturated heterocycles. The van der Waals surface area contributed by atoms with Crippen LogP contribution in [0.3, 0.4) is 0 Å². The van der Waals surface area contributed by atoms with Crippen molar-refractivity contribution in [2.75, 3.05) is 165 Å². The van der Waals surface area contributed by atoms with Crippen molar-refractivity contribution < 1.29 is 91.1 Å². The van der Waals surface area contributed by atoms with Crippen LogP contribution in [-0.2, 0) is 80.9 Å². The molecule has 0 aliphatic rings. The van der Waals surface area contributed by atoms with Crippen LogP contribution in [0.5, 0.6) is 0 Å². The summed E-state index contributed by atoms with van der Waals surface area (Å²) in [7, 11) is 1.63.